The Balaban J connectivity index is 1.52. The molecule has 0 saturated heterocycles. The molecule has 0 bridgehead atoms. The quantitative estimate of drug-likeness (QED) is 0.264. The van der Waals surface area contributed by atoms with E-state index < -0.39 is 6.17 Å². The van der Waals surface area contributed by atoms with E-state index in [9.17, 15) is 4.39 Å². The van der Waals surface area contributed by atoms with Crippen LogP contribution in [0.2, 0.25) is 0 Å². The van der Waals surface area contributed by atoms with E-state index in [0.717, 1.165) is 35.5 Å². The van der Waals surface area contributed by atoms with Gasteiger partial charge >= 0.3 is 0 Å². The standard InChI is InChI=1S/C27H33FN2O2/c1-3-5-6-7-8-17-31-25-15-11-22(12-16-25)27-29-18-23(19-30-27)21-9-13-26(14-10-21)32-20-24(28)4-2/h9-16,18-19,24H,3-8,17,20H2,1-2H3. The van der Waals surface area contributed by atoms with Crippen LogP contribution in [0.5, 0.6) is 11.5 Å². The van der Waals surface area contributed by atoms with Gasteiger partial charge in [-0.25, -0.2) is 14.4 Å². The summed E-state index contributed by atoms with van der Waals surface area (Å²) in [6.07, 6.45) is 9.29. The maximum absolute atomic E-state index is 13.3. The molecule has 0 aliphatic carbocycles. The van der Waals surface area contributed by atoms with Gasteiger partial charge in [-0.3, -0.25) is 0 Å². The van der Waals surface area contributed by atoms with E-state index in [0.29, 0.717) is 18.0 Å². The summed E-state index contributed by atoms with van der Waals surface area (Å²) in [5.41, 5.74) is 2.85. The smallest absolute Gasteiger partial charge is 0.159 e. The molecule has 3 rings (SSSR count). The summed E-state index contributed by atoms with van der Waals surface area (Å²) in [7, 11) is 0. The van der Waals surface area contributed by atoms with Crippen LogP contribution < -0.4 is 9.47 Å². The van der Waals surface area contributed by atoms with Crippen LogP contribution >= 0.6 is 0 Å². The molecule has 4 nitrogen and oxygen atoms in total. The largest absolute Gasteiger partial charge is 0.494 e. The molecular weight excluding hydrogens is 403 g/mol. The highest BCUT2D eigenvalue weighted by Crippen LogP contribution is 2.24. The molecule has 0 amide bonds. The van der Waals surface area contributed by atoms with Crippen LogP contribution in [0.3, 0.4) is 0 Å². The lowest BCUT2D eigenvalue weighted by molar-refractivity contribution is 0.192. The van der Waals surface area contributed by atoms with Crippen LogP contribution in [0.25, 0.3) is 22.5 Å². The number of halogens is 1. The molecule has 0 aliphatic rings. The summed E-state index contributed by atoms with van der Waals surface area (Å²) < 4.78 is 24.6. The van der Waals surface area contributed by atoms with Gasteiger partial charge in [-0.1, -0.05) is 51.7 Å². The van der Waals surface area contributed by atoms with Gasteiger partial charge in [0.25, 0.3) is 0 Å². The van der Waals surface area contributed by atoms with Crippen molar-refractivity contribution in [2.45, 2.75) is 58.5 Å². The number of unbranched alkanes of at least 4 members (excludes halogenated alkanes) is 4. The fraction of sp³-hybridized carbons (Fsp3) is 0.407. The highest BCUT2D eigenvalue weighted by Gasteiger charge is 2.06. The third kappa shape index (κ3) is 7.33. The Kier molecular flexibility index (Phi) is 9.48. The summed E-state index contributed by atoms with van der Waals surface area (Å²) >= 11 is 0. The Morgan fingerprint density at radius 1 is 0.719 bits per heavy atom. The first-order valence-electron chi connectivity index (χ1n) is 11.6. The summed E-state index contributed by atoms with van der Waals surface area (Å²) in [6, 6.07) is 15.5. The number of alkyl halides is 1. The molecule has 2 aromatic carbocycles. The van der Waals surface area contributed by atoms with Crippen molar-refractivity contribution < 1.29 is 13.9 Å². The lowest BCUT2D eigenvalue weighted by Gasteiger charge is -2.09. The van der Waals surface area contributed by atoms with Crippen LogP contribution in [0.15, 0.2) is 60.9 Å². The van der Waals surface area contributed by atoms with Crippen molar-refractivity contribution in [3.05, 3.63) is 60.9 Å². The average Bonchev–Trinajstić information content (AvgIpc) is 2.85. The fourth-order valence-corrected chi connectivity index (χ4v) is 3.27. The number of hydrogen-bond acceptors (Lipinski definition) is 4. The molecule has 170 valence electrons. The minimum absolute atomic E-state index is 0.0798. The summed E-state index contributed by atoms with van der Waals surface area (Å²) in [5.74, 6) is 2.21. The molecule has 1 heterocycles. The van der Waals surface area contributed by atoms with Crippen molar-refractivity contribution in [2.75, 3.05) is 13.2 Å². The molecule has 0 aliphatic heterocycles. The summed E-state index contributed by atoms with van der Waals surface area (Å²) in [6.45, 7) is 4.86. The highest BCUT2D eigenvalue weighted by atomic mass is 19.1. The van der Waals surface area contributed by atoms with Crippen molar-refractivity contribution in [3.63, 3.8) is 0 Å². The van der Waals surface area contributed by atoms with Gasteiger partial charge in [0, 0.05) is 23.5 Å². The third-order valence-electron chi connectivity index (χ3n) is 5.34. The van der Waals surface area contributed by atoms with E-state index in [1.807, 2.05) is 60.9 Å². The van der Waals surface area contributed by atoms with Gasteiger partial charge in [-0.2, -0.15) is 0 Å². The van der Waals surface area contributed by atoms with Crippen molar-refractivity contribution in [2.24, 2.45) is 0 Å². The van der Waals surface area contributed by atoms with E-state index in [1.165, 1.54) is 25.7 Å². The Bertz CT molecular complexity index is 912. The Labute approximate surface area is 190 Å². The van der Waals surface area contributed by atoms with Crippen molar-refractivity contribution >= 4 is 0 Å². The molecule has 0 radical (unpaired) electrons. The van der Waals surface area contributed by atoms with Crippen LogP contribution in [-0.4, -0.2) is 29.4 Å². The zero-order chi connectivity index (χ0) is 22.6. The highest BCUT2D eigenvalue weighted by molar-refractivity contribution is 5.64. The number of rotatable bonds is 13. The average molecular weight is 437 g/mol. The van der Waals surface area contributed by atoms with E-state index in [-0.39, 0.29) is 6.61 Å². The van der Waals surface area contributed by atoms with Crippen LogP contribution in [0.4, 0.5) is 4.39 Å². The molecule has 0 saturated carbocycles. The van der Waals surface area contributed by atoms with Crippen LogP contribution in [0.1, 0.15) is 52.4 Å². The maximum Gasteiger partial charge on any atom is 0.159 e. The fourth-order valence-electron chi connectivity index (χ4n) is 3.27. The Hall–Kier alpha value is -2.95. The molecule has 0 spiro atoms. The van der Waals surface area contributed by atoms with Gasteiger partial charge < -0.3 is 9.47 Å². The predicted octanol–water partition coefficient (Wildman–Crippen LogP) is 7.29. The molecular formula is C27H33FN2O2. The van der Waals surface area contributed by atoms with E-state index in [4.69, 9.17) is 9.47 Å². The van der Waals surface area contributed by atoms with Gasteiger partial charge in [0.2, 0.25) is 0 Å². The molecule has 3 aromatic rings. The lowest BCUT2D eigenvalue weighted by atomic mass is 10.1. The molecule has 0 fully saturated rings. The zero-order valence-electron chi connectivity index (χ0n) is 19.1. The first-order chi connectivity index (χ1) is 15.7. The predicted molar refractivity (Wildman–Crippen MR) is 128 cm³/mol. The summed E-state index contributed by atoms with van der Waals surface area (Å²) in [5, 5.41) is 0. The first-order valence-corrected chi connectivity index (χ1v) is 11.6. The minimum atomic E-state index is -0.938. The SMILES string of the molecule is CCCCCCCOc1ccc(-c2ncc(-c3ccc(OCC(F)CC)cc3)cn2)cc1. The van der Waals surface area contributed by atoms with Crippen molar-refractivity contribution in [3.8, 4) is 34.0 Å². The molecule has 1 atom stereocenters. The van der Waals surface area contributed by atoms with Gasteiger partial charge in [-0.15, -0.1) is 0 Å². The summed E-state index contributed by atoms with van der Waals surface area (Å²) in [4.78, 5) is 9.04. The van der Waals surface area contributed by atoms with E-state index in [1.54, 1.807) is 6.92 Å². The normalized spacial score (nSPS) is 11.8. The first kappa shape index (κ1) is 23.7. The number of hydrogen-bond donors (Lipinski definition) is 0. The van der Waals surface area contributed by atoms with Crippen LogP contribution in [0, 0.1) is 0 Å². The van der Waals surface area contributed by atoms with Gasteiger partial charge in [-0.05, 0) is 54.8 Å². The Morgan fingerprint density at radius 3 is 1.94 bits per heavy atom. The third-order valence-corrected chi connectivity index (χ3v) is 5.34. The zero-order valence-corrected chi connectivity index (χ0v) is 19.1. The monoisotopic (exact) mass is 436 g/mol. The maximum atomic E-state index is 13.3. The van der Waals surface area contributed by atoms with Crippen molar-refractivity contribution in [1.82, 2.24) is 9.97 Å². The molecule has 1 unspecified atom stereocenters. The number of aromatic nitrogens is 2. The molecule has 5 heteroatoms. The molecule has 32 heavy (non-hydrogen) atoms. The second kappa shape index (κ2) is 12.8. The van der Waals surface area contributed by atoms with Gasteiger partial charge in [0.1, 0.15) is 24.3 Å². The molecule has 0 N–H and O–H groups in total. The van der Waals surface area contributed by atoms with Crippen molar-refractivity contribution in [1.29, 1.82) is 0 Å². The topological polar surface area (TPSA) is 44.2 Å². The lowest BCUT2D eigenvalue weighted by Crippen LogP contribution is -2.11. The van der Waals surface area contributed by atoms with E-state index in [2.05, 4.69) is 16.9 Å². The van der Waals surface area contributed by atoms with Gasteiger partial charge in [0.05, 0.1) is 6.61 Å². The van der Waals surface area contributed by atoms with E-state index >= 15 is 0 Å². The van der Waals surface area contributed by atoms with Gasteiger partial charge in [0.15, 0.2) is 5.82 Å². The second-order valence-corrected chi connectivity index (χ2v) is 7.92. The number of benzene rings is 2. The van der Waals surface area contributed by atoms with Crippen LogP contribution in [-0.2, 0) is 0 Å². The second-order valence-electron chi connectivity index (χ2n) is 7.92. The number of nitrogens with zero attached hydrogens (tertiary/aromatic N) is 2. The Morgan fingerprint density at radius 2 is 1.31 bits per heavy atom. The molecule has 1 aromatic heterocycles. The minimum Gasteiger partial charge on any atom is -0.494 e. The number of ether oxygens (including phenoxy) is 2.